The van der Waals surface area contributed by atoms with E-state index in [2.05, 4.69) is 37.4 Å². The molecule has 0 aliphatic heterocycles. The molecule has 1 heterocycles. The average molecular weight is 243 g/mol. The highest BCUT2D eigenvalue weighted by Gasteiger charge is 2.02. The SMILES string of the molecule is CCCCC(Cl)CC=C(C)c1cccs1. The molecule has 1 atom stereocenters. The largest absolute Gasteiger partial charge is 0.144 e. The van der Waals surface area contributed by atoms with Crippen molar-refractivity contribution in [1.82, 2.24) is 0 Å². The maximum absolute atomic E-state index is 6.22. The van der Waals surface area contributed by atoms with Crippen LogP contribution in [0.4, 0.5) is 0 Å². The van der Waals surface area contributed by atoms with Crippen LogP contribution in [0.3, 0.4) is 0 Å². The molecule has 1 unspecified atom stereocenters. The van der Waals surface area contributed by atoms with Crippen molar-refractivity contribution in [3.05, 3.63) is 28.5 Å². The van der Waals surface area contributed by atoms with Crippen LogP contribution in [0.5, 0.6) is 0 Å². The first kappa shape index (κ1) is 12.8. The Balaban J connectivity index is 2.37. The van der Waals surface area contributed by atoms with Crippen molar-refractivity contribution >= 4 is 28.5 Å². The number of rotatable bonds is 6. The molecule has 0 aliphatic carbocycles. The number of thiophene rings is 1. The van der Waals surface area contributed by atoms with Crippen molar-refractivity contribution in [1.29, 1.82) is 0 Å². The van der Waals surface area contributed by atoms with Gasteiger partial charge in [0.1, 0.15) is 0 Å². The summed E-state index contributed by atoms with van der Waals surface area (Å²) in [4.78, 5) is 1.36. The van der Waals surface area contributed by atoms with E-state index in [0.717, 1.165) is 12.8 Å². The van der Waals surface area contributed by atoms with Crippen LogP contribution in [0.2, 0.25) is 0 Å². The van der Waals surface area contributed by atoms with Crippen LogP contribution in [0, 0.1) is 0 Å². The van der Waals surface area contributed by atoms with Crippen molar-refractivity contribution in [2.45, 2.75) is 44.9 Å². The Hall–Kier alpha value is -0.270. The molecule has 0 N–H and O–H groups in total. The zero-order chi connectivity index (χ0) is 11.1. The zero-order valence-electron chi connectivity index (χ0n) is 9.50. The highest BCUT2D eigenvalue weighted by Crippen LogP contribution is 2.21. The van der Waals surface area contributed by atoms with Gasteiger partial charge in [0.05, 0.1) is 0 Å². The fraction of sp³-hybridized carbons (Fsp3) is 0.538. The van der Waals surface area contributed by atoms with E-state index >= 15 is 0 Å². The Labute approximate surface area is 102 Å². The Morgan fingerprint density at radius 3 is 3.00 bits per heavy atom. The number of unbranched alkanes of at least 4 members (excludes halogenated alkanes) is 1. The van der Waals surface area contributed by atoms with Gasteiger partial charge in [-0.3, -0.25) is 0 Å². The Morgan fingerprint density at radius 1 is 1.60 bits per heavy atom. The lowest BCUT2D eigenvalue weighted by Gasteiger charge is -2.05. The lowest BCUT2D eigenvalue weighted by atomic mass is 10.1. The van der Waals surface area contributed by atoms with E-state index in [1.807, 2.05) is 0 Å². The van der Waals surface area contributed by atoms with Gasteiger partial charge in [0, 0.05) is 10.3 Å². The normalized spacial score (nSPS) is 14.2. The van der Waals surface area contributed by atoms with Crippen LogP contribution in [0.1, 0.15) is 44.4 Å². The molecule has 0 spiro atoms. The molecule has 0 fully saturated rings. The van der Waals surface area contributed by atoms with Gasteiger partial charge in [-0.25, -0.2) is 0 Å². The standard InChI is InChI=1S/C13H19ClS/c1-3-4-6-12(14)9-8-11(2)13-7-5-10-15-13/h5,7-8,10,12H,3-4,6,9H2,1-2H3. The first-order valence-electron chi connectivity index (χ1n) is 5.58. The third-order valence-electron chi connectivity index (χ3n) is 2.46. The first-order valence-corrected chi connectivity index (χ1v) is 6.90. The van der Waals surface area contributed by atoms with Gasteiger partial charge in [-0.2, -0.15) is 0 Å². The smallest absolute Gasteiger partial charge is 0.0370 e. The molecule has 0 nitrogen and oxygen atoms in total. The van der Waals surface area contributed by atoms with Crippen LogP contribution in [-0.2, 0) is 0 Å². The maximum Gasteiger partial charge on any atom is 0.0370 e. The number of allylic oxidation sites excluding steroid dienone is 2. The van der Waals surface area contributed by atoms with Gasteiger partial charge in [-0.15, -0.1) is 22.9 Å². The van der Waals surface area contributed by atoms with Gasteiger partial charge in [-0.05, 0) is 36.8 Å². The summed E-state index contributed by atoms with van der Waals surface area (Å²) in [7, 11) is 0. The van der Waals surface area contributed by atoms with Gasteiger partial charge < -0.3 is 0 Å². The van der Waals surface area contributed by atoms with E-state index in [-0.39, 0.29) is 0 Å². The Kier molecular flexibility index (Phi) is 6.04. The number of hydrogen-bond acceptors (Lipinski definition) is 1. The summed E-state index contributed by atoms with van der Waals surface area (Å²) in [5.74, 6) is 0. The predicted molar refractivity (Wildman–Crippen MR) is 71.8 cm³/mol. The number of alkyl halides is 1. The summed E-state index contributed by atoms with van der Waals surface area (Å²) in [5, 5.41) is 2.42. The minimum atomic E-state index is 0.305. The molecule has 0 radical (unpaired) electrons. The van der Waals surface area contributed by atoms with E-state index in [1.165, 1.54) is 23.3 Å². The third-order valence-corrected chi connectivity index (χ3v) is 3.86. The maximum atomic E-state index is 6.22. The number of hydrogen-bond donors (Lipinski definition) is 0. The minimum absolute atomic E-state index is 0.305. The third kappa shape index (κ3) is 4.85. The van der Waals surface area contributed by atoms with Crippen LogP contribution in [0.15, 0.2) is 23.6 Å². The second-order valence-corrected chi connectivity index (χ2v) is 5.40. The van der Waals surface area contributed by atoms with Crippen LogP contribution in [0.25, 0.3) is 5.57 Å². The molecule has 0 saturated carbocycles. The van der Waals surface area contributed by atoms with Gasteiger partial charge in [0.15, 0.2) is 0 Å². The van der Waals surface area contributed by atoms with Gasteiger partial charge >= 0.3 is 0 Å². The molecule has 15 heavy (non-hydrogen) atoms. The molecule has 0 amide bonds. The molecular weight excluding hydrogens is 224 g/mol. The summed E-state index contributed by atoms with van der Waals surface area (Å²) in [6.45, 7) is 4.37. The predicted octanol–water partition coefficient (Wildman–Crippen LogP) is 5.34. The van der Waals surface area contributed by atoms with Crippen molar-refractivity contribution in [3.63, 3.8) is 0 Å². The monoisotopic (exact) mass is 242 g/mol. The topological polar surface area (TPSA) is 0 Å². The van der Waals surface area contributed by atoms with Crippen molar-refractivity contribution in [2.24, 2.45) is 0 Å². The quantitative estimate of drug-likeness (QED) is 0.591. The van der Waals surface area contributed by atoms with Crippen molar-refractivity contribution < 1.29 is 0 Å². The lowest BCUT2D eigenvalue weighted by molar-refractivity contribution is 0.681. The van der Waals surface area contributed by atoms with Gasteiger partial charge in [-0.1, -0.05) is 31.9 Å². The molecule has 0 saturated heterocycles. The van der Waals surface area contributed by atoms with Gasteiger partial charge in [0.25, 0.3) is 0 Å². The molecule has 0 aliphatic rings. The molecule has 1 aromatic heterocycles. The fourth-order valence-corrected chi connectivity index (χ4v) is 2.43. The Bertz CT molecular complexity index is 287. The molecule has 84 valence electrons. The molecule has 1 aromatic rings. The van der Waals surface area contributed by atoms with E-state index in [1.54, 1.807) is 11.3 Å². The molecule has 0 bridgehead atoms. The van der Waals surface area contributed by atoms with Crippen LogP contribution >= 0.6 is 22.9 Å². The van der Waals surface area contributed by atoms with E-state index in [0.29, 0.717) is 5.38 Å². The van der Waals surface area contributed by atoms with E-state index in [4.69, 9.17) is 11.6 Å². The number of halogens is 1. The molecule has 2 heteroatoms. The minimum Gasteiger partial charge on any atom is -0.144 e. The van der Waals surface area contributed by atoms with Crippen LogP contribution < -0.4 is 0 Å². The highest BCUT2D eigenvalue weighted by molar-refractivity contribution is 7.11. The average Bonchev–Trinajstić information content (AvgIpc) is 2.76. The molecular formula is C13H19ClS. The van der Waals surface area contributed by atoms with Gasteiger partial charge in [0.2, 0.25) is 0 Å². The van der Waals surface area contributed by atoms with Crippen LogP contribution in [-0.4, -0.2) is 5.38 Å². The first-order chi connectivity index (χ1) is 7.24. The van der Waals surface area contributed by atoms with Crippen molar-refractivity contribution in [3.8, 4) is 0 Å². The zero-order valence-corrected chi connectivity index (χ0v) is 11.1. The lowest BCUT2D eigenvalue weighted by Crippen LogP contribution is -1.95. The summed E-state index contributed by atoms with van der Waals surface area (Å²) < 4.78 is 0. The second-order valence-electron chi connectivity index (χ2n) is 3.84. The summed E-state index contributed by atoms with van der Waals surface area (Å²) in [6.07, 6.45) is 6.85. The summed E-state index contributed by atoms with van der Waals surface area (Å²) in [5.41, 5.74) is 1.35. The molecule has 0 aromatic carbocycles. The van der Waals surface area contributed by atoms with E-state index < -0.39 is 0 Å². The highest BCUT2D eigenvalue weighted by atomic mass is 35.5. The fourth-order valence-electron chi connectivity index (χ4n) is 1.45. The second kappa shape index (κ2) is 7.08. The molecule has 1 rings (SSSR count). The summed E-state index contributed by atoms with van der Waals surface area (Å²) in [6, 6.07) is 4.25. The van der Waals surface area contributed by atoms with Crippen molar-refractivity contribution in [2.75, 3.05) is 0 Å². The summed E-state index contributed by atoms with van der Waals surface area (Å²) >= 11 is 8.01. The van der Waals surface area contributed by atoms with E-state index in [9.17, 15) is 0 Å². The Morgan fingerprint density at radius 2 is 2.40 bits per heavy atom.